The molecule has 10 heteroatoms. The quantitative estimate of drug-likeness (QED) is 0.531. The predicted molar refractivity (Wildman–Crippen MR) is 120 cm³/mol. The van der Waals surface area contributed by atoms with Crippen LogP contribution >= 0.6 is 23.2 Å². The van der Waals surface area contributed by atoms with Gasteiger partial charge >= 0.3 is 6.03 Å². The highest BCUT2D eigenvalue weighted by Crippen LogP contribution is 2.29. The van der Waals surface area contributed by atoms with Crippen molar-refractivity contribution >= 4 is 35.2 Å². The van der Waals surface area contributed by atoms with E-state index in [4.69, 9.17) is 23.2 Å². The Bertz CT molecular complexity index is 1070. The number of nitrogens with zero attached hydrogens (tertiary/aromatic N) is 4. The van der Waals surface area contributed by atoms with E-state index in [1.165, 1.54) is 0 Å². The fraction of sp³-hybridized carbons (Fsp3) is 0.333. The summed E-state index contributed by atoms with van der Waals surface area (Å²) in [4.78, 5) is 23.9. The average Bonchev–Trinajstić information content (AvgIpc) is 3.27. The summed E-state index contributed by atoms with van der Waals surface area (Å²) in [6.45, 7) is 5.05. The Morgan fingerprint density at radius 1 is 1.23 bits per heavy atom. The fourth-order valence-corrected chi connectivity index (χ4v) is 3.79. The zero-order chi connectivity index (χ0) is 22.0. The Balaban J connectivity index is 1.53. The van der Waals surface area contributed by atoms with Gasteiger partial charge in [0.15, 0.2) is 0 Å². The van der Waals surface area contributed by atoms with Gasteiger partial charge in [-0.1, -0.05) is 29.3 Å². The first-order chi connectivity index (χ1) is 14.9. The van der Waals surface area contributed by atoms with E-state index >= 15 is 0 Å². The first-order valence-corrected chi connectivity index (χ1v) is 10.8. The van der Waals surface area contributed by atoms with E-state index in [-0.39, 0.29) is 12.1 Å². The summed E-state index contributed by atoms with van der Waals surface area (Å²) >= 11 is 12.3. The van der Waals surface area contributed by atoms with Gasteiger partial charge in [-0.25, -0.2) is 14.8 Å². The largest absolute Gasteiger partial charge is 0.352 e. The molecular formula is C21H23Cl2N7O. The minimum atomic E-state index is -0.449. The van der Waals surface area contributed by atoms with Crippen LogP contribution in [0.15, 0.2) is 36.7 Å². The van der Waals surface area contributed by atoms with Crippen molar-refractivity contribution in [1.82, 2.24) is 30.4 Å². The molecule has 0 saturated heterocycles. The van der Waals surface area contributed by atoms with E-state index < -0.39 is 6.04 Å². The summed E-state index contributed by atoms with van der Waals surface area (Å²) in [7, 11) is 0. The van der Waals surface area contributed by atoms with Crippen LogP contribution in [0.2, 0.25) is 10.0 Å². The number of anilines is 1. The maximum Gasteiger partial charge on any atom is 0.318 e. The lowest BCUT2D eigenvalue weighted by molar-refractivity contribution is 0.188. The zero-order valence-corrected chi connectivity index (χ0v) is 18.7. The zero-order valence-electron chi connectivity index (χ0n) is 17.2. The molecule has 31 heavy (non-hydrogen) atoms. The third-order valence-corrected chi connectivity index (χ3v) is 5.77. The number of carbonyl (C=O) groups is 1. The highest BCUT2D eigenvalue weighted by molar-refractivity contribution is 6.42. The molecule has 1 aromatic carbocycles. The number of H-pyrrole nitrogens is 1. The Labute approximate surface area is 190 Å². The lowest BCUT2D eigenvalue weighted by atomic mass is 10.0. The van der Waals surface area contributed by atoms with E-state index in [1.54, 1.807) is 23.2 Å². The molecule has 0 fully saturated rings. The van der Waals surface area contributed by atoms with Crippen LogP contribution in [-0.2, 0) is 13.0 Å². The van der Waals surface area contributed by atoms with Crippen molar-refractivity contribution in [2.75, 3.05) is 11.9 Å². The predicted octanol–water partition coefficient (Wildman–Crippen LogP) is 4.18. The van der Waals surface area contributed by atoms with Crippen LogP contribution in [0, 0.1) is 0 Å². The molecule has 1 aliphatic heterocycles. The smallest absolute Gasteiger partial charge is 0.318 e. The third kappa shape index (κ3) is 4.91. The van der Waals surface area contributed by atoms with Crippen LogP contribution in [0.1, 0.15) is 42.4 Å². The maximum atomic E-state index is 13.2. The normalized spacial score (nSPS) is 14.3. The second kappa shape index (κ2) is 9.11. The minimum Gasteiger partial charge on any atom is -0.352 e. The number of hydrogen-bond acceptors (Lipinski definition) is 5. The van der Waals surface area contributed by atoms with Crippen molar-refractivity contribution in [3.05, 3.63) is 69.2 Å². The van der Waals surface area contributed by atoms with E-state index in [2.05, 4.69) is 30.8 Å². The van der Waals surface area contributed by atoms with Gasteiger partial charge in [0.1, 0.15) is 0 Å². The maximum absolute atomic E-state index is 13.2. The molecule has 0 radical (unpaired) electrons. The Kier molecular flexibility index (Phi) is 6.29. The Morgan fingerprint density at radius 2 is 2.06 bits per heavy atom. The number of benzene rings is 1. The molecule has 2 aromatic heterocycles. The average molecular weight is 460 g/mol. The SMILES string of the molecule is CC(C)Nc1ncc2c(n1)CN(C(=O)N[C@@H](c1ccc(Cl)c(Cl)c1)c1ccn[nH]1)CC2. The first-order valence-electron chi connectivity index (χ1n) is 10.0. The summed E-state index contributed by atoms with van der Waals surface area (Å²) in [5.41, 5.74) is 3.46. The number of hydrogen-bond donors (Lipinski definition) is 3. The van der Waals surface area contributed by atoms with Crippen LogP contribution in [-0.4, -0.2) is 43.7 Å². The van der Waals surface area contributed by atoms with E-state index in [0.29, 0.717) is 35.5 Å². The van der Waals surface area contributed by atoms with Crippen molar-refractivity contribution in [2.24, 2.45) is 0 Å². The van der Waals surface area contributed by atoms with Gasteiger partial charge in [0.25, 0.3) is 0 Å². The number of urea groups is 1. The molecule has 2 amide bonds. The molecule has 3 aromatic rings. The van der Waals surface area contributed by atoms with Gasteiger partial charge in [-0.3, -0.25) is 5.10 Å². The van der Waals surface area contributed by atoms with Gasteiger partial charge in [0, 0.05) is 25.0 Å². The van der Waals surface area contributed by atoms with Gasteiger partial charge in [-0.2, -0.15) is 5.10 Å². The number of amides is 2. The van der Waals surface area contributed by atoms with E-state index in [0.717, 1.165) is 22.5 Å². The van der Waals surface area contributed by atoms with Crippen LogP contribution in [0.3, 0.4) is 0 Å². The molecule has 0 spiro atoms. The van der Waals surface area contributed by atoms with Crippen molar-refractivity contribution in [1.29, 1.82) is 0 Å². The van der Waals surface area contributed by atoms with Crippen LogP contribution in [0.5, 0.6) is 0 Å². The Hall–Kier alpha value is -2.84. The lowest BCUT2D eigenvalue weighted by Gasteiger charge is -2.30. The number of fused-ring (bicyclic) bond motifs is 1. The van der Waals surface area contributed by atoms with Gasteiger partial charge in [-0.05, 0) is 49.6 Å². The van der Waals surface area contributed by atoms with E-state index in [1.807, 2.05) is 32.2 Å². The van der Waals surface area contributed by atoms with Gasteiger partial charge < -0.3 is 15.5 Å². The monoisotopic (exact) mass is 459 g/mol. The molecule has 3 N–H and O–H groups in total. The lowest BCUT2D eigenvalue weighted by Crippen LogP contribution is -2.44. The molecule has 8 nitrogen and oxygen atoms in total. The van der Waals surface area contributed by atoms with Crippen molar-refractivity contribution in [2.45, 2.75) is 38.9 Å². The van der Waals surface area contributed by atoms with Crippen LogP contribution in [0.4, 0.5) is 10.7 Å². The molecule has 1 atom stereocenters. The molecule has 1 aliphatic rings. The molecule has 0 unspecified atom stereocenters. The van der Waals surface area contributed by atoms with Crippen LogP contribution < -0.4 is 10.6 Å². The topological polar surface area (TPSA) is 98.8 Å². The third-order valence-electron chi connectivity index (χ3n) is 5.03. The molecular weight excluding hydrogens is 437 g/mol. The standard InChI is InChI=1S/C21H23Cl2N7O/c1-12(2)26-20-24-10-14-6-8-30(11-18(14)27-20)21(31)28-19(17-5-7-25-29-17)13-3-4-15(22)16(23)9-13/h3-5,7,9-10,12,19H,6,8,11H2,1-2H3,(H,25,29)(H,28,31)(H,24,26,27)/t19-/m0/s1. The molecule has 4 rings (SSSR count). The number of aromatic nitrogens is 4. The highest BCUT2D eigenvalue weighted by Gasteiger charge is 2.26. The molecule has 0 saturated carbocycles. The summed E-state index contributed by atoms with van der Waals surface area (Å²) in [6, 6.07) is 6.69. The minimum absolute atomic E-state index is 0.201. The second-order valence-corrected chi connectivity index (χ2v) is 8.52. The Morgan fingerprint density at radius 3 is 2.77 bits per heavy atom. The summed E-state index contributed by atoms with van der Waals surface area (Å²) in [6.07, 6.45) is 4.18. The number of carbonyl (C=O) groups excluding carboxylic acids is 1. The first kappa shape index (κ1) is 21.4. The van der Waals surface area contributed by atoms with E-state index in [9.17, 15) is 4.79 Å². The van der Waals surface area contributed by atoms with Crippen molar-refractivity contribution in [3.63, 3.8) is 0 Å². The molecule has 162 valence electrons. The molecule has 3 heterocycles. The summed E-state index contributed by atoms with van der Waals surface area (Å²) in [5, 5.41) is 14.1. The van der Waals surface area contributed by atoms with Gasteiger partial charge in [-0.15, -0.1) is 0 Å². The summed E-state index contributed by atoms with van der Waals surface area (Å²) in [5.74, 6) is 0.571. The number of rotatable bonds is 5. The second-order valence-electron chi connectivity index (χ2n) is 7.70. The molecule has 0 bridgehead atoms. The number of nitrogens with one attached hydrogen (secondary N) is 3. The highest BCUT2D eigenvalue weighted by atomic mass is 35.5. The number of aromatic amines is 1. The fourth-order valence-electron chi connectivity index (χ4n) is 3.48. The molecule has 0 aliphatic carbocycles. The van der Waals surface area contributed by atoms with Crippen molar-refractivity contribution < 1.29 is 4.79 Å². The van der Waals surface area contributed by atoms with Crippen molar-refractivity contribution in [3.8, 4) is 0 Å². The summed E-state index contributed by atoms with van der Waals surface area (Å²) < 4.78 is 0. The van der Waals surface area contributed by atoms with Crippen LogP contribution in [0.25, 0.3) is 0 Å². The van der Waals surface area contributed by atoms with Gasteiger partial charge in [0.05, 0.1) is 34.0 Å². The van der Waals surface area contributed by atoms with Gasteiger partial charge in [0.2, 0.25) is 5.95 Å². The number of halogens is 2.